The van der Waals surface area contributed by atoms with Crippen LogP contribution in [0.25, 0.3) is 11.1 Å². The first-order valence-electron chi connectivity index (χ1n) is 7.44. The van der Waals surface area contributed by atoms with Gasteiger partial charge in [0, 0.05) is 11.6 Å². The van der Waals surface area contributed by atoms with Crippen LogP contribution in [0.5, 0.6) is 5.75 Å². The van der Waals surface area contributed by atoms with Gasteiger partial charge in [0.1, 0.15) is 5.75 Å². The molecule has 2 aliphatic rings. The molecule has 0 spiro atoms. The molecular formula is C16H19N3O. The Kier molecular flexibility index (Phi) is 2.96. The van der Waals surface area contributed by atoms with Crippen LogP contribution in [0.2, 0.25) is 0 Å². The van der Waals surface area contributed by atoms with Crippen LogP contribution in [-0.2, 0) is 6.42 Å². The smallest absolute Gasteiger partial charge is 0.122 e. The molecule has 0 amide bonds. The second kappa shape index (κ2) is 4.94. The van der Waals surface area contributed by atoms with Gasteiger partial charge < -0.3 is 10.1 Å². The lowest BCUT2D eigenvalue weighted by Crippen LogP contribution is -2.14. The standard InChI is InChI=1S/C16H19N3O/c1-4-14(17-7-1)16-13(10-18-19-16)11-5-6-15-12(9-11)3-2-8-20-15/h5-6,9-10,14,17H,1-4,7-8H2,(H,18,19). The molecular weight excluding hydrogens is 250 g/mol. The van der Waals surface area contributed by atoms with Crippen LogP contribution in [-0.4, -0.2) is 23.3 Å². The van der Waals surface area contributed by atoms with E-state index in [1.165, 1.54) is 35.2 Å². The predicted molar refractivity (Wildman–Crippen MR) is 77.8 cm³/mol. The molecule has 1 atom stereocenters. The maximum Gasteiger partial charge on any atom is 0.122 e. The average Bonchev–Trinajstić information content (AvgIpc) is 3.17. The Bertz CT molecular complexity index is 614. The van der Waals surface area contributed by atoms with Crippen molar-refractivity contribution in [2.45, 2.75) is 31.7 Å². The van der Waals surface area contributed by atoms with Crippen molar-refractivity contribution < 1.29 is 4.74 Å². The molecule has 0 radical (unpaired) electrons. The van der Waals surface area contributed by atoms with Gasteiger partial charge in [-0.1, -0.05) is 6.07 Å². The highest BCUT2D eigenvalue weighted by Crippen LogP contribution is 2.34. The first-order chi connectivity index (χ1) is 9.92. The normalized spacial score (nSPS) is 21.5. The number of hydrogen-bond acceptors (Lipinski definition) is 3. The zero-order valence-corrected chi connectivity index (χ0v) is 11.5. The highest BCUT2D eigenvalue weighted by Gasteiger charge is 2.22. The number of aromatic nitrogens is 2. The summed E-state index contributed by atoms with van der Waals surface area (Å²) in [5, 5.41) is 11.0. The van der Waals surface area contributed by atoms with Gasteiger partial charge in [-0.25, -0.2) is 0 Å². The van der Waals surface area contributed by atoms with Crippen molar-refractivity contribution in [1.82, 2.24) is 15.5 Å². The molecule has 4 nitrogen and oxygen atoms in total. The van der Waals surface area contributed by atoms with E-state index < -0.39 is 0 Å². The summed E-state index contributed by atoms with van der Waals surface area (Å²) in [5.74, 6) is 1.05. The van der Waals surface area contributed by atoms with Crippen LogP contribution in [0.15, 0.2) is 24.4 Å². The second-order valence-electron chi connectivity index (χ2n) is 5.62. The van der Waals surface area contributed by atoms with Gasteiger partial charge in [-0.2, -0.15) is 5.10 Å². The fourth-order valence-corrected chi connectivity index (χ4v) is 3.25. The van der Waals surface area contributed by atoms with E-state index in [0.717, 1.165) is 31.7 Å². The van der Waals surface area contributed by atoms with Crippen LogP contribution in [0.1, 0.15) is 36.6 Å². The summed E-state index contributed by atoms with van der Waals surface area (Å²) in [6.45, 7) is 1.94. The fourth-order valence-electron chi connectivity index (χ4n) is 3.25. The van der Waals surface area contributed by atoms with Crippen molar-refractivity contribution in [3.63, 3.8) is 0 Å². The molecule has 1 unspecified atom stereocenters. The summed E-state index contributed by atoms with van der Waals surface area (Å²) in [6.07, 6.45) is 6.59. The number of H-pyrrole nitrogens is 1. The molecule has 4 heteroatoms. The Morgan fingerprint density at radius 3 is 3.15 bits per heavy atom. The van der Waals surface area contributed by atoms with Gasteiger partial charge in [0.05, 0.1) is 18.5 Å². The molecule has 1 aromatic carbocycles. The van der Waals surface area contributed by atoms with E-state index in [1.807, 2.05) is 6.20 Å². The molecule has 0 bridgehead atoms. The molecule has 20 heavy (non-hydrogen) atoms. The molecule has 3 heterocycles. The lowest BCUT2D eigenvalue weighted by molar-refractivity contribution is 0.288. The van der Waals surface area contributed by atoms with Gasteiger partial charge in [-0.3, -0.25) is 5.10 Å². The quantitative estimate of drug-likeness (QED) is 0.881. The molecule has 1 fully saturated rings. The van der Waals surface area contributed by atoms with E-state index in [4.69, 9.17) is 4.74 Å². The largest absolute Gasteiger partial charge is 0.493 e. The Balaban J connectivity index is 1.72. The minimum Gasteiger partial charge on any atom is -0.493 e. The molecule has 104 valence electrons. The summed E-state index contributed by atoms with van der Waals surface area (Å²) in [6, 6.07) is 6.92. The van der Waals surface area contributed by atoms with E-state index in [1.54, 1.807) is 0 Å². The SMILES string of the molecule is c1cc2c(cc1-c1cn[nH]c1C1CCCN1)CCCO2. The lowest BCUT2D eigenvalue weighted by atomic mass is 9.97. The summed E-state index contributed by atoms with van der Waals surface area (Å²) >= 11 is 0. The highest BCUT2D eigenvalue weighted by molar-refractivity contribution is 5.68. The molecule has 2 N–H and O–H groups in total. The maximum absolute atomic E-state index is 5.69. The minimum absolute atomic E-state index is 0.416. The summed E-state index contributed by atoms with van der Waals surface area (Å²) in [7, 11) is 0. The van der Waals surface area contributed by atoms with Crippen LogP contribution < -0.4 is 10.1 Å². The average molecular weight is 269 g/mol. The summed E-state index contributed by atoms with van der Waals surface area (Å²) < 4.78 is 5.69. The second-order valence-corrected chi connectivity index (χ2v) is 5.62. The van der Waals surface area contributed by atoms with Crippen molar-refractivity contribution in [2.75, 3.05) is 13.2 Å². The van der Waals surface area contributed by atoms with Gasteiger partial charge in [0.25, 0.3) is 0 Å². The molecule has 0 saturated carbocycles. The number of nitrogens with one attached hydrogen (secondary N) is 2. The van der Waals surface area contributed by atoms with Gasteiger partial charge in [0.2, 0.25) is 0 Å². The van der Waals surface area contributed by atoms with Crippen LogP contribution >= 0.6 is 0 Å². The van der Waals surface area contributed by atoms with Gasteiger partial charge >= 0.3 is 0 Å². The van der Waals surface area contributed by atoms with Gasteiger partial charge in [0.15, 0.2) is 0 Å². The van der Waals surface area contributed by atoms with Crippen molar-refractivity contribution in [3.05, 3.63) is 35.7 Å². The van der Waals surface area contributed by atoms with E-state index >= 15 is 0 Å². The Morgan fingerprint density at radius 1 is 1.25 bits per heavy atom. The third-order valence-electron chi connectivity index (χ3n) is 4.30. The summed E-state index contributed by atoms with van der Waals surface area (Å²) in [4.78, 5) is 0. The first kappa shape index (κ1) is 12.0. The lowest BCUT2D eigenvalue weighted by Gasteiger charge is -2.18. The number of hydrogen-bond donors (Lipinski definition) is 2. The Morgan fingerprint density at radius 2 is 2.25 bits per heavy atom. The third-order valence-corrected chi connectivity index (χ3v) is 4.30. The van der Waals surface area contributed by atoms with Crippen molar-refractivity contribution >= 4 is 0 Å². The number of ether oxygens (including phenoxy) is 1. The molecule has 1 aromatic heterocycles. The van der Waals surface area contributed by atoms with Crippen molar-refractivity contribution in [3.8, 4) is 16.9 Å². The zero-order chi connectivity index (χ0) is 13.4. The van der Waals surface area contributed by atoms with E-state index in [-0.39, 0.29) is 0 Å². The summed E-state index contributed by atoms with van der Waals surface area (Å²) in [5.41, 5.74) is 5.00. The van der Waals surface area contributed by atoms with Gasteiger partial charge in [-0.15, -0.1) is 0 Å². The Labute approximate surface area is 118 Å². The van der Waals surface area contributed by atoms with E-state index in [0.29, 0.717) is 6.04 Å². The van der Waals surface area contributed by atoms with Crippen LogP contribution in [0, 0.1) is 0 Å². The molecule has 0 aliphatic carbocycles. The molecule has 1 saturated heterocycles. The third kappa shape index (κ3) is 2.00. The van der Waals surface area contributed by atoms with Crippen molar-refractivity contribution in [2.24, 2.45) is 0 Å². The molecule has 2 aromatic rings. The van der Waals surface area contributed by atoms with E-state index in [9.17, 15) is 0 Å². The van der Waals surface area contributed by atoms with Crippen LogP contribution in [0.4, 0.5) is 0 Å². The van der Waals surface area contributed by atoms with Gasteiger partial charge in [-0.05, 0) is 55.5 Å². The topological polar surface area (TPSA) is 49.9 Å². The number of aryl methyl sites for hydroxylation is 1. The number of benzene rings is 1. The highest BCUT2D eigenvalue weighted by atomic mass is 16.5. The monoisotopic (exact) mass is 269 g/mol. The van der Waals surface area contributed by atoms with Crippen LogP contribution in [0.3, 0.4) is 0 Å². The first-order valence-corrected chi connectivity index (χ1v) is 7.44. The fraction of sp³-hybridized carbons (Fsp3) is 0.438. The Hall–Kier alpha value is -1.81. The molecule has 4 rings (SSSR count). The molecule has 2 aliphatic heterocycles. The van der Waals surface area contributed by atoms with E-state index in [2.05, 4.69) is 33.7 Å². The number of fused-ring (bicyclic) bond motifs is 1. The number of aromatic amines is 1. The minimum atomic E-state index is 0.416. The number of rotatable bonds is 2. The zero-order valence-electron chi connectivity index (χ0n) is 11.5. The number of nitrogens with zero attached hydrogens (tertiary/aromatic N) is 1. The predicted octanol–water partition coefficient (Wildman–Crippen LogP) is 2.83. The van der Waals surface area contributed by atoms with Crippen molar-refractivity contribution in [1.29, 1.82) is 0 Å². The maximum atomic E-state index is 5.69.